The number of hydrogen-bond donors (Lipinski definition) is 1. The molecule has 116 valence electrons. The molecule has 0 aliphatic rings. The Balaban J connectivity index is 5.19. The van der Waals surface area contributed by atoms with Crippen LogP contribution in [-0.2, 0) is 13.3 Å². The molecule has 2 N–H and O–H groups in total. The van der Waals surface area contributed by atoms with Gasteiger partial charge in [0.15, 0.2) is 0 Å². The number of rotatable bonds is 6. The maximum atomic E-state index is 6.78. The SMILES string of the molecule is CO[Si](CCC(N)(C(C)(C)C)C(C)(C)C)(OC)OC. The summed E-state index contributed by atoms with van der Waals surface area (Å²) in [4.78, 5) is 0. The summed E-state index contributed by atoms with van der Waals surface area (Å²) in [6.45, 7) is 13.1. The van der Waals surface area contributed by atoms with Crippen molar-refractivity contribution in [3.05, 3.63) is 0 Å². The Morgan fingerprint density at radius 2 is 1.11 bits per heavy atom. The van der Waals surface area contributed by atoms with E-state index in [2.05, 4.69) is 41.5 Å². The number of hydrogen-bond acceptors (Lipinski definition) is 4. The Bertz CT molecular complexity index is 255. The van der Waals surface area contributed by atoms with Gasteiger partial charge >= 0.3 is 8.80 Å². The fourth-order valence-electron chi connectivity index (χ4n) is 2.78. The third kappa shape index (κ3) is 4.01. The summed E-state index contributed by atoms with van der Waals surface area (Å²) < 4.78 is 16.5. The van der Waals surface area contributed by atoms with Gasteiger partial charge in [-0.2, -0.15) is 0 Å². The summed E-state index contributed by atoms with van der Waals surface area (Å²) in [6, 6.07) is 0.724. The Labute approximate surface area is 120 Å². The molecule has 0 unspecified atom stereocenters. The predicted octanol–water partition coefficient (Wildman–Crippen LogP) is 3.04. The van der Waals surface area contributed by atoms with Crippen LogP contribution in [0.15, 0.2) is 0 Å². The zero-order chi connectivity index (χ0) is 15.5. The highest BCUT2D eigenvalue weighted by molar-refractivity contribution is 6.60. The van der Waals surface area contributed by atoms with E-state index in [0.29, 0.717) is 0 Å². The van der Waals surface area contributed by atoms with Crippen LogP contribution >= 0.6 is 0 Å². The standard InChI is InChI=1S/C14H33NO3Si/c1-12(2,3)14(15,13(4,5)6)10-11-19(16-7,17-8)18-9/h10-11,15H2,1-9H3. The van der Waals surface area contributed by atoms with Crippen LogP contribution in [0.25, 0.3) is 0 Å². The van der Waals surface area contributed by atoms with E-state index in [9.17, 15) is 0 Å². The van der Waals surface area contributed by atoms with Crippen LogP contribution in [0.1, 0.15) is 48.0 Å². The van der Waals surface area contributed by atoms with Gasteiger partial charge in [-0.05, 0) is 17.3 Å². The Morgan fingerprint density at radius 1 is 0.789 bits per heavy atom. The summed E-state index contributed by atoms with van der Waals surface area (Å²) in [5, 5.41) is 0. The molecule has 0 amide bonds. The van der Waals surface area contributed by atoms with E-state index in [1.165, 1.54) is 0 Å². The van der Waals surface area contributed by atoms with E-state index < -0.39 is 8.80 Å². The monoisotopic (exact) mass is 291 g/mol. The lowest BCUT2D eigenvalue weighted by Crippen LogP contribution is -2.61. The van der Waals surface area contributed by atoms with Crippen LogP contribution in [0.2, 0.25) is 6.04 Å². The van der Waals surface area contributed by atoms with Crippen LogP contribution in [0.3, 0.4) is 0 Å². The van der Waals surface area contributed by atoms with Crippen molar-refractivity contribution in [2.24, 2.45) is 16.6 Å². The molecule has 0 radical (unpaired) electrons. The number of nitrogens with two attached hydrogens (primary N) is 1. The summed E-state index contributed by atoms with van der Waals surface area (Å²) in [6.07, 6.45) is 0.807. The first-order valence-electron chi connectivity index (χ1n) is 6.83. The molecule has 0 aliphatic carbocycles. The molecular weight excluding hydrogens is 258 g/mol. The molecule has 19 heavy (non-hydrogen) atoms. The average Bonchev–Trinajstić information content (AvgIpc) is 2.28. The highest BCUT2D eigenvalue weighted by Gasteiger charge is 2.50. The molecule has 0 fully saturated rings. The second-order valence-corrected chi connectivity index (χ2v) is 10.4. The first-order chi connectivity index (χ1) is 8.39. The van der Waals surface area contributed by atoms with Crippen molar-refractivity contribution in [3.63, 3.8) is 0 Å². The fourth-order valence-corrected chi connectivity index (χ4v) is 4.59. The van der Waals surface area contributed by atoms with Crippen molar-refractivity contribution in [2.75, 3.05) is 21.3 Å². The van der Waals surface area contributed by atoms with Gasteiger partial charge in [0.2, 0.25) is 0 Å². The van der Waals surface area contributed by atoms with Gasteiger partial charge in [0.25, 0.3) is 0 Å². The molecule has 0 spiro atoms. The van der Waals surface area contributed by atoms with Gasteiger partial charge in [-0.1, -0.05) is 41.5 Å². The molecule has 0 bridgehead atoms. The molecule has 0 aromatic carbocycles. The lowest BCUT2D eigenvalue weighted by Gasteiger charge is -2.52. The highest BCUT2D eigenvalue weighted by atomic mass is 28.4. The molecule has 0 aliphatic heterocycles. The third-order valence-electron chi connectivity index (χ3n) is 4.44. The van der Waals surface area contributed by atoms with E-state index in [0.717, 1.165) is 12.5 Å². The molecule has 0 saturated heterocycles. The van der Waals surface area contributed by atoms with Gasteiger partial charge in [0.05, 0.1) is 0 Å². The van der Waals surface area contributed by atoms with E-state index in [-0.39, 0.29) is 16.4 Å². The normalized spacial score (nSPS) is 14.8. The average molecular weight is 292 g/mol. The smallest absolute Gasteiger partial charge is 0.377 e. The Kier molecular flexibility index (Phi) is 6.24. The van der Waals surface area contributed by atoms with E-state index in [4.69, 9.17) is 19.0 Å². The minimum atomic E-state index is -2.56. The summed E-state index contributed by atoms with van der Waals surface area (Å²) in [7, 11) is 2.37. The van der Waals surface area contributed by atoms with Gasteiger partial charge in [-0.25, -0.2) is 0 Å². The maximum absolute atomic E-state index is 6.78. The van der Waals surface area contributed by atoms with Crippen LogP contribution in [0.4, 0.5) is 0 Å². The largest absolute Gasteiger partial charge is 0.500 e. The minimum absolute atomic E-state index is 0.0133. The van der Waals surface area contributed by atoms with E-state index in [1.54, 1.807) is 21.3 Å². The molecule has 0 heterocycles. The van der Waals surface area contributed by atoms with Crippen LogP contribution in [-0.4, -0.2) is 35.7 Å². The highest BCUT2D eigenvalue weighted by Crippen LogP contribution is 2.45. The van der Waals surface area contributed by atoms with Gasteiger partial charge in [-0.3, -0.25) is 0 Å². The first kappa shape index (κ1) is 19.1. The molecule has 0 rings (SSSR count). The molecule has 5 heteroatoms. The zero-order valence-corrected chi connectivity index (χ0v) is 15.2. The van der Waals surface area contributed by atoms with Crippen LogP contribution in [0, 0.1) is 10.8 Å². The zero-order valence-electron chi connectivity index (χ0n) is 14.2. The molecule has 0 aromatic rings. The molecule has 0 saturated carbocycles. The van der Waals surface area contributed by atoms with Crippen molar-refractivity contribution in [1.82, 2.24) is 0 Å². The van der Waals surface area contributed by atoms with E-state index in [1.807, 2.05) is 0 Å². The Morgan fingerprint density at radius 3 is 1.32 bits per heavy atom. The van der Waals surface area contributed by atoms with Crippen molar-refractivity contribution < 1.29 is 13.3 Å². The quantitative estimate of drug-likeness (QED) is 0.764. The predicted molar refractivity (Wildman–Crippen MR) is 82.0 cm³/mol. The van der Waals surface area contributed by atoms with Crippen molar-refractivity contribution in [1.29, 1.82) is 0 Å². The lowest BCUT2D eigenvalue weighted by molar-refractivity contribution is 0.0466. The molecule has 0 atom stereocenters. The van der Waals surface area contributed by atoms with Crippen molar-refractivity contribution >= 4 is 8.80 Å². The second-order valence-electron chi connectivity index (χ2n) is 7.27. The van der Waals surface area contributed by atoms with Crippen LogP contribution in [0.5, 0.6) is 0 Å². The van der Waals surface area contributed by atoms with Crippen LogP contribution < -0.4 is 5.73 Å². The van der Waals surface area contributed by atoms with Crippen molar-refractivity contribution in [3.8, 4) is 0 Å². The fraction of sp³-hybridized carbons (Fsp3) is 1.00. The Hall–Kier alpha value is 0.0569. The first-order valence-corrected chi connectivity index (χ1v) is 8.76. The third-order valence-corrected chi connectivity index (χ3v) is 7.16. The van der Waals surface area contributed by atoms with Gasteiger partial charge in [-0.15, -0.1) is 0 Å². The molecule has 4 nitrogen and oxygen atoms in total. The minimum Gasteiger partial charge on any atom is -0.377 e. The summed E-state index contributed by atoms with van der Waals surface area (Å²) >= 11 is 0. The van der Waals surface area contributed by atoms with Gasteiger partial charge < -0.3 is 19.0 Å². The maximum Gasteiger partial charge on any atom is 0.500 e. The summed E-state index contributed by atoms with van der Waals surface area (Å²) in [5.74, 6) is 0. The lowest BCUT2D eigenvalue weighted by atomic mass is 9.59. The van der Waals surface area contributed by atoms with E-state index >= 15 is 0 Å². The molecular formula is C14H33NO3Si. The topological polar surface area (TPSA) is 53.7 Å². The second kappa shape index (κ2) is 6.22. The van der Waals surface area contributed by atoms with Gasteiger partial charge in [0, 0.05) is 32.9 Å². The van der Waals surface area contributed by atoms with Gasteiger partial charge in [0.1, 0.15) is 0 Å². The summed E-state index contributed by atoms with van der Waals surface area (Å²) in [5.41, 5.74) is 6.43. The van der Waals surface area contributed by atoms with Crippen molar-refractivity contribution in [2.45, 2.75) is 59.5 Å². The molecule has 0 aromatic heterocycles.